The second-order valence-corrected chi connectivity index (χ2v) is 4.32. The van der Waals surface area contributed by atoms with Crippen LogP contribution in [0.3, 0.4) is 0 Å². The fraction of sp³-hybridized carbons (Fsp3) is 0.818. The lowest BCUT2D eigenvalue weighted by atomic mass is 10.4. The smallest absolute Gasteiger partial charge is 0.0692 e. The van der Waals surface area contributed by atoms with Crippen molar-refractivity contribution in [3.63, 3.8) is 0 Å². The summed E-state index contributed by atoms with van der Waals surface area (Å²) in [6.45, 7) is 6.84. The Hall–Kier alpha value is -0.940. The van der Waals surface area contributed by atoms with Crippen molar-refractivity contribution in [3.8, 4) is 0 Å². The Balaban J connectivity index is 1.43. The number of nitrogens with one attached hydrogen (secondary N) is 1. The number of hydrogen-bond donors (Lipinski definition) is 1. The van der Waals surface area contributed by atoms with Gasteiger partial charge in [0.2, 0.25) is 0 Å². The van der Waals surface area contributed by atoms with E-state index in [9.17, 15) is 0 Å². The molecule has 90 valence electrons. The number of rotatable bonds is 7. The fourth-order valence-corrected chi connectivity index (χ4v) is 2.10. The van der Waals surface area contributed by atoms with Crippen LogP contribution in [0.5, 0.6) is 0 Å². The molecule has 1 aliphatic rings. The van der Waals surface area contributed by atoms with Crippen molar-refractivity contribution in [3.05, 3.63) is 12.4 Å². The van der Waals surface area contributed by atoms with Crippen LogP contribution in [0, 0.1) is 0 Å². The van der Waals surface area contributed by atoms with Crippen molar-refractivity contribution in [1.82, 2.24) is 25.2 Å². The monoisotopic (exact) mass is 223 g/mol. The second kappa shape index (κ2) is 6.60. The first-order valence-corrected chi connectivity index (χ1v) is 6.22. The third-order valence-corrected chi connectivity index (χ3v) is 3.02. The number of aromatic nitrogens is 3. The van der Waals surface area contributed by atoms with Gasteiger partial charge in [-0.15, -0.1) is 5.10 Å². The largest absolute Gasteiger partial charge is 0.315 e. The average Bonchev–Trinajstić information content (AvgIpc) is 2.96. The lowest BCUT2D eigenvalue weighted by molar-refractivity contribution is 0.330. The number of likely N-dealkylation sites (tertiary alicyclic amines) is 1. The Bertz CT molecular complexity index is 266. The first-order chi connectivity index (χ1) is 7.95. The van der Waals surface area contributed by atoms with Crippen molar-refractivity contribution in [2.24, 2.45) is 0 Å². The van der Waals surface area contributed by atoms with Gasteiger partial charge in [-0.25, -0.2) is 0 Å². The molecule has 0 aliphatic carbocycles. The summed E-state index contributed by atoms with van der Waals surface area (Å²) < 4.78 is 1.85. The quantitative estimate of drug-likeness (QED) is 0.678. The molecule has 0 radical (unpaired) electrons. The van der Waals surface area contributed by atoms with E-state index in [4.69, 9.17) is 0 Å². The molecular weight excluding hydrogens is 202 g/mol. The Morgan fingerprint density at radius 1 is 1.12 bits per heavy atom. The molecule has 2 rings (SSSR count). The van der Waals surface area contributed by atoms with Gasteiger partial charge in [-0.2, -0.15) is 0 Å². The van der Waals surface area contributed by atoms with Crippen LogP contribution in [0.25, 0.3) is 0 Å². The number of nitrogens with zero attached hydrogens (tertiary/aromatic N) is 4. The summed E-state index contributed by atoms with van der Waals surface area (Å²) in [5, 5.41) is 11.1. The van der Waals surface area contributed by atoms with E-state index < -0.39 is 0 Å². The summed E-state index contributed by atoms with van der Waals surface area (Å²) in [4.78, 5) is 2.55. The van der Waals surface area contributed by atoms with Gasteiger partial charge in [-0.05, 0) is 45.4 Å². The van der Waals surface area contributed by atoms with Crippen LogP contribution >= 0.6 is 0 Å². The zero-order valence-electron chi connectivity index (χ0n) is 9.81. The van der Waals surface area contributed by atoms with Crippen LogP contribution in [-0.2, 0) is 6.54 Å². The normalized spacial score (nSPS) is 17.0. The summed E-state index contributed by atoms with van der Waals surface area (Å²) in [5.74, 6) is 0. The van der Waals surface area contributed by atoms with E-state index in [1.165, 1.54) is 38.9 Å². The van der Waals surface area contributed by atoms with Gasteiger partial charge in [-0.3, -0.25) is 4.68 Å². The Morgan fingerprint density at radius 2 is 2.00 bits per heavy atom. The van der Waals surface area contributed by atoms with Crippen molar-refractivity contribution < 1.29 is 0 Å². The highest BCUT2D eigenvalue weighted by Gasteiger charge is 2.09. The maximum absolute atomic E-state index is 3.92. The maximum Gasteiger partial charge on any atom is 0.0692 e. The van der Waals surface area contributed by atoms with Gasteiger partial charge in [0, 0.05) is 12.7 Å². The molecule has 0 spiro atoms. The van der Waals surface area contributed by atoms with Crippen molar-refractivity contribution in [1.29, 1.82) is 0 Å². The van der Waals surface area contributed by atoms with E-state index in [1.54, 1.807) is 6.20 Å². The Morgan fingerprint density at radius 3 is 2.75 bits per heavy atom. The molecule has 1 aromatic heterocycles. The molecule has 1 aromatic rings. The van der Waals surface area contributed by atoms with E-state index in [0.717, 1.165) is 19.6 Å². The highest BCUT2D eigenvalue weighted by Crippen LogP contribution is 2.06. The minimum Gasteiger partial charge on any atom is -0.315 e. The Kier molecular flexibility index (Phi) is 4.76. The minimum atomic E-state index is 0.906. The van der Waals surface area contributed by atoms with Gasteiger partial charge in [-0.1, -0.05) is 5.21 Å². The molecule has 0 bridgehead atoms. The van der Waals surface area contributed by atoms with Gasteiger partial charge in [0.05, 0.1) is 12.7 Å². The van der Waals surface area contributed by atoms with Crippen LogP contribution < -0.4 is 5.32 Å². The molecule has 0 amide bonds. The van der Waals surface area contributed by atoms with Gasteiger partial charge in [0.1, 0.15) is 0 Å². The molecule has 16 heavy (non-hydrogen) atoms. The molecule has 2 heterocycles. The summed E-state index contributed by atoms with van der Waals surface area (Å²) in [6, 6.07) is 0. The predicted octanol–water partition coefficient (Wildman–Crippen LogP) is 0.354. The molecule has 1 N–H and O–H groups in total. The molecule has 5 heteroatoms. The van der Waals surface area contributed by atoms with Crippen molar-refractivity contribution in [2.45, 2.75) is 25.8 Å². The first-order valence-electron chi connectivity index (χ1n) is 6.22. The van der Waals surface area contributed by atoms with E-state index in [-0.39, 0.29) is 0 Å². The second-order valence-electron chi connectivity index (χ2n) is 4.32. The maximum atomic E-state index is 3.92. The lowest BCUT2D eigenvalue weighted by Gasteiger charge is -2.14. The topological polar surface area (TPSA) is 46.0 Å². The highest BCUT2D eigenvalue weighted by atomic mass is 15.4. The molecule has 0 atom stereocenters. The zero-order valence-corrected chi connectivity index (χ0v) is 9.81. The van der Waals surface area contributed by atoms with E-state index in [0.29, 0.717) is 0 Å². The van der Waals surface area contributed by atoms with Crippen molar-refractivity contribution in [2.75, 3.05) is 32.7 Å². The summed E-state index contributed by atoms with van der Waals surface area (Å²) >= 11 is 0. The third-order valence-electron chi connectivity index (χ3n) is 3.02. The van der Waals surface area contributed by atoms with E-state index >= 15 is 0 Å². The van der Waals surface area contributed by atoms with Gasteiger partial charge < -0.3 is 10.2 Å². The minimum absolute atomic E-state index is 0.906. The third kappa shape index (κ3) is 3.90. The van der Waals surface area contributed by atoms with E-state index in [1.807, 2.05) is 10.9 Å². The summed E-state index contributed by atoms with van der Waals surface area (Å²) in [7, 11) is 0. The van der Waals surface area contributed by atoms with Gasteiger partial charge in [0.15, 0.2) is 0 Å². The summed E-state index contributed by atoms with van der Waals surface area (Å²) in [5.41, 5.74) is 0. The molecule has 1 fully saturated rings. The zero-order chi connectivity index (χ0) is 11.1. The van der Waals surface area contributed by atoms with Gasteiger partial charge in [0.25, 0.3) is 0 Å². The summed E-state index contributed by atoms with van der Waals surface area (Å²) in [6.07, 6.45) is 7.64. The first kappa shape index (κ1) is 11.5. The van der Waals surface area contributed by atoms with Crippen molar-refractivity contribution >= 4 is 0 Å². The molecular formula is C11H21N5. The molecule has 1 aliphatic heterocycles. The van der Waals surface area contributed by atoms with E-state index in [2.05, 4.69) is 20.5 Å². The van der Waals surface area contributed by atoms with Crippen LogP contribution in [0.15, 0.2) is 12.4 Å². The molecule has 0 aromatic carbocycles. The Labute approximate surface area is 96.8 Å². The van der Waals surface area contributed by atoms with Gasteiger partial charge >= 0.3 is 0 Å². The van der Waals surface area contributed by atoms with Crippen LogP contribution in [0.1, 0.15) is 19.3 Å². The average molecular weight is 223 g/mol. The fourth-order valence-electron chi connectivity index (χ4n) is 2.10. The van der Waals surface area contributed by atoms with Crippen LogP contribution in [0.2, 0.25) is 0 Å². The number of hydrogen-bond acceptors (Lipinski definition) is 4. The predicted molar refractivity (Wildman–Crippen MR) is 63.2 cm³/mol. The molecule has 1 saturated heterocycles. The lowest BCUT2D eigenvalue weighted by Crippen LogP contribution is -2.26. The highest BCUT2D eigenvalue weighted by molar-refractivity contribution is 4.67. The van der Waals surface area contributed by atoms with Crippen LogP contribution in [0.4, 0.5) is 0 Å². The molecule has 0 unspecified atom stereocenters. The van der Waals surface area contributed by atoms with Crippen LogP contribution in [-0.4, -0.2) is 52.6 Å². The SMILES string of the molecule is c1cn(CCNCCCN2CCCC2)nn1. The molecule has 5 nitrogen and oxygen atoms in total. The standard InChI is InChI=1S/C11H21N5/c1-2-8-15(7-1)9-3-4-12-5-10-16-11-6-13-14-16/h6,11-12H,1-5,7-10H2. The molecule has 0 saturated carbocycles.